The number of unbranched alkanes of at least 4 members (excludes halogenated alkanes) is 1. The molecule has 0 radical (unpaired) electrons. The van der Waals surface area contributed by atoms with Gasteiger partial charge in [0.2, 0.25) is 0 Å². The molecule has 0 spiro atoms. The minimum atomic E-state index is -0.881. The van der Waals surface area contributed by atoms with Gasteiger partial charge in [0.15, 0.2) is 0 Å². The molecule has 1 nitrogen and oxygen atoms in total. The molecule has 0 bridgehead atoms. The first-order chi connectivity index (χ1) is 6.56. The van der Waals surface area contributed by atoms with Gasteiger partial charge in [-0.15, -0.1) is 0 Å². The molecule has 0 aromatic rings. The van der Waals surface area contributed by atoms with Gasteiger partial charge in [-0.2, -0.15) is 0 Å². The standard InChI is InChI=1S/C4H9O.2C4H9.Al.Na.H/c1-2-3-4-5;2*1-4(2)3;;;/h2-4H2,1H3;2*4H,1H2,2-3H3;;;/q-1;;;+1;;. The molecule has 0 atom stereocenters. The Kier molecular flexibility index (Phi) is 15.0. The molecular formula is C12H28AlNaO. The first-order valence-electron chi connectivity index (χ1n) is 6.17. The molecular weight excluding hydrogens is 210 g/mol. The van der Waals surface area contributed by atoms with Crippen LogP contribution in [0, 0.1) is 11.8 Å². The molecule has 0 unspecified atom stereocenters. The molecule has 15 heavy (non-hydrogen) atoms. The zero-order valence-corrected chi connectivity index (χ0v) is 11.8. The third-order valence-electron chi connectivity index (χ3n) is 2.32. The van der Waals surface area contributed by atoms with Crippen LogP contribution in [0.15, 0.2) is 0 Å². The van der Waals surface area contributed by atoms with Crippen molar-refractivity contribution in [2.75, 3.05) is 6.61 Å². The van der Waals surface area contributed by atoms with Crippen LogP contribution in [0.1, 0.15) is 47.5 Å². The molecule has 3 heteroatoms. The summed E-state index contributed by atoms with van der Waals surface area (Å²) in [7, 11) is 0. The molecule has 0 rings (SSSR count). The normalized spacial score (nSPS) is 10.6. The Morgan fingerprint density at radius 1 is 1.00 bits per heavy atom. The van der Waals surface area contributed by atoms with Crippen LogP contribution in [0.3, 0.4) is 0 Å². The Bertz CT molecular complexity index is 119. The van der Waals surface area contributed by atoms with E-state index in [2.05, 4.69) is 34.6 Å². The maximum absolute atomic E-state index is 6.04. The molecule has 0 aliphatic carbocycles. The van der Waals surface area contributed by atoms with Gasteiger partial charge in [-0.25, -0.2) is 0 Å². The van der Waals surface area contributed by atoms with Gasteiger partial charge in [0.25, 0.3) is 0 Å². The maximum atomic E-state index is 6.04. The molecule has 0 saturated carbocycles. The summed E-state index contributed by atoms with van der Waals surface area (Å²) in [5.74, 6) is 1.62. The molecule has 0 N–H and O–H groups in total. The van der Waals surface area contributed by atoms with Crippen LogP contribution in [0.4, 0.5) is 0 Å². The predicted molar refractivity (Wildman–Crippen MR) is 73.1 cm³/mol. The molecule has 0 saturated heterocycles. The van der Waals surface area contributed by atoms with E-state index in [-0.39, 0.29) is 29.6 Å². The van der Waals surface area contributed by atoms with Gasteiger partial charge in [-0.3, -0.25) is 0 Å². The summed E-state index contributed by atoms with van der Waals surface area (Å²) in [6.07, 6.45) is 2.49. The Balaban J connectivity index is 0. The van der Waals surface area contributed by atoms with Crippen LogP contribution in [-0.2, 0) is 3.79 Å². The first-order valence-corrected chi connectivity index (χ1v) is 8.28. The van der Waals surface area contributed by atoms with Crippen LogP contribution in [0.2, 0.25) is 10.6 Å². The summed E-state index contributed by atoms with van der Waals surface area (Å²) in [4.78, 5) is 0. The van der Waals surface area contributed by atoms with Crippen molar-refractivity contribution in [2.45, 2.75) is 58.0 Å². The van der Waals surface area contributed by atoms with Crippen molar-refractivity contribution in [3.8, 4) is 0 Å². The summed E-state index contributed by atoms with van der Waals surface area (Å²) in [6, 6.07) is 0. The van der Waals surface area contributed by atoms with Gasteiger partial charge in [0, 0.05) is 6.61 Å². The fraction of sp³-hybridized carbons (Fsp3) is 1.00. The third-order valence-corrected chi connectivity index (χ3v) is 5.96. The summed E-state index contributed by atoms with van der Waals surface area (Å²) in [5.41, 5.74) is 0. The van der Waals surface area contributed by atoms with Gasteiger partial charge in [-0.1, -0.05) is 63.4 Å². The average molecular weight is 238 g/mol. The second-order valence-electron chi connectivity index (χ2n) is 5.11. The minimum absolute atomic E-state index is 0. The van der Waals surface area contributed by atoms with E-state index in [1.54, 1.807) is 0 Å². The van der Waals surface area contributed by atoms with Crippen LogP contribution in [0.5, 0.6) is 0 Å². The van der Waals surface area contributed by atoms with Gasteiger partial charge < -0.3 is 3.79 Å². The molecule has 0 aromatic heterocycles. The predicted octanol–water partition coefficient (Wildman–Crippen LogP) is 3.46. The molecule has 0 aliphatic heterocycles. The van der Waals surface area contributed by atoms with E-state index < -0.39 is 14.5 Å². The monoisotopic (exact) mass is 238 g/mol. The van der Waals surface area contributed by atoms with Crippen molar-refractivity contribution in [3.05, 3.63) is 0 Å². The van der Waals surface area contributed by atoms with Crippen LogP contribution < -0.4 is 0 Å². The van der Waals surface area contributed by atoms with E-state index in [0.717, 1.165) is 18.4 Å². The van der Waals surface area contributed by atoms with E-state index in [4.69, 9.17) is 3.79 Å². The third kappa shape index (κ3) is 13.4. The zero-order chi connectivity index (χ0) is 11.0. The van der Waals surface area contributed by atoms with E-state index in [1.807, 2.05) is 0 Å². The van der Waals surface area contributed by atoms with Crippen LogP contribution >= 0.6 is 0 Å². The zero-order valence-electron chi connectivity index (χ0n) is 10.7. The summed E-state index contributed by atoms with van der Waals surface area (Å²) < 4.78 is 6.04. The fourth-order valence-electron chi connectivity index (χ4n) is 1.68. The number of hydrogen-bond donors (Lipinski definition) is 0. The van der Waals surface area contributed by atoms with Gasteiger partial charge in [0.05, 0.1) is 0 Å². The number of rotatable bonds is 8. The molecule has 0 heterocycles. The fourth-order valence-corrected chi connectivity index (χ4v) is 4.75. The topological polar surface area (TPSA) is 9.23 Å². The number of hydrogen-bond acceptors (Lipinski definition) is 1. The van der Waals surface area contributed by atoms with Gasteiger partial charge >= 0.3 is 44.0 Å². The van der Waals surface area contributed by atoms with Crippen molar-refractivity contribution >= 4 is 44.0 Å². The summed E-state index contributed by atoms with van der Waals surface area (Å²) in [6.45, 7) is 12.5. The van der Waals surface area contributed by atoms with Crippen LogP contribution in [0.25, 0.3) is 0 Å². The van der Waals surface area contributed by atoms with Gasteiger partial charge in [0.1, 0.15) is 0 Å². The Morgan fingerprint density at radius 2 is 1.47 bits per heavy atom. The molecule has 0 aliphatic rings. The Morgan fingerprint density at radius 3 is 1.80 bits per heavy atom. The summed E-state index contributed by atoms with van der Waals surface area (Å²) in [5, 5.41) is 2.70. The second kappa shape index (κ2) is 12.0. The second-order valence-corrected chi connectivity index (χ2v) is 7.63. The molecule has 86 valence electrons. The Hall–Kier alpha value is 1.49. The van der Waals surface area contributed by atoms with Crippen molar-refractivity contribution < 1.29 is 3.79 Å². The molecule has 0 aromatic carbocycles. The van der Waals surface area contributed by atoms with Crippen molar-refractivity contribution in [1.29, 1.82) is 0 Å². The molecule has 0 fully saturated rings. The quantitative estimate of drug-likeness (QED) is 0.465. The van der Waals surface area contributed by atoms with Crippen molar-refractivity contribution in [2.24, 2.45) is 11.8 Å². The summed E-state index contributed by atoms with van der Waals surface area (Å²) >= 11 is -0.881. The first kappa shape index (κ1) is 18.8. The average Bonchev–Trinajstić information content (AvgIpc) is 2.02. The van der Waals surface area contributed by atoms with Crippen LogP contribution in [-0.4, -0.2) is 50.6 Å². The van der Waals surface area contributed by atoms with Gasteiger partial charge in [-0.05, 0) is 6.42 Å². The molecule has 0 amide bonds. The van der Waals surface area contributed by atoms with Crippen molar-refractivity contribution in [3.63, 3.8) is 0 Å². The Labute approximate surface area is 123 Å². The SMILES string of the molecule is CCCC[O][Al]([CH2]C(C)C)[CH2]C(C)C.[NaH]. The van der Waals surface area contributed by atoms with E-state index in [0.29, 0.717) is 0 Å². The van der Waals surface area contributed by atoms with E-state index in [1.165, 1.54) is 23.4 Å². The van der Waals surface area contributed by atoms with Crippen molar-refractivity contribution in [1.82, 2.24) is 0 Å². The van der Waals surface area contributed by atoms with E-state index in [9.17, 15) is 0 Å². The van der Waals surface area contributed by atoms with E-state index >= 15 is 0 Å².